The highest BCUT2D eigenvalue weighted by atomic mass is 127. The van der Waals surface area contributed by atoms with Gasteiger partial charge in [-0.2, -0.15) is 0 Å². The summed E-state index contributed by atoms with van der Waals surface area (Å²) in [6, 6.07) is 13.6. The zero-order chi connectivity index (χ0) is 21.5. The van der Waals surface area contributed by atoms with Crippen molar-refractivity contribution in [3.05, 3.63) is 76.5 Å². The van der Waals surface area contributed by atoms with Crippen molar-refractivity contribution in [1.29, 1.82) is 0 Å². The van der Waals surface area contributed by atoms with Gasteiger partial charge >= 0.3 is 0 Å². The van der Waals surface area contributed by atoms with E-state index in [9.17, 15) is 0 Å². The van der Waals surface area contributed by atoms with Gasteiger partial charge in [0.1, 0.15) is 0 Å². The van der Waals surface area contributed by atoms with Gasteiger partial charge in [-0.3, -0.25) is 9.89 Å². The third-order valence-corrected chi connectivity index (χ3v) is 6.95. The molecule has 2 unspecified atom stereocenters. The van der Waals surface area contributed by atoms with E-state index in [1.165, 1.54) is 35.4 Å². The molecule has 1 fully saturated rings. The first-order valence-electron chi connectivity index (χ1n) is 10.9. The molecule has 6 nitrogen and oxygen atoms in total. The number of aromatic nitrogens is 2. The first-order valence-corrected chi connectivity index (χ1v) is 11.8. The fourth-order valence-electron chi connectivity index (χ4n) is 4.37. The van der Waals surface area contributed by atoms with Crippen LogP contribution in [0.1, 0.15) is 34.9 Å². The molecule has 0 spiro atoms. The van der Waals surface area contributed by atoms with E-state index < -0.39 is 0 Å². The van der Waals surface area contributed by atoms with Gasteiger partial charge in [0, 0.05) is 50.0 Å². The van der Waals surface area contributed by atoms with Crippen LogP contribution in [0.4, 0.5) is 0 Å². The van der Waals surface area contributed by atoms with Crippen LogP contribution in [-0.4, -0.2) is 47.6 Å². The van der Waals surface area contributed by atoms with Crippen molar-refractivity contribution in [2.45, 2.75) is 32.0 Å². The minimum absolute atomic E-state index is 0. The van der Waals surface area contributed by atoms with Gasteiger partial charge in [-0.1, -0.05) is 30.3 Å². The summed E-state index contributed by atoms with van der Waals surface area (Å²) in [4.78, 5) is 12.5. The van der Waals surface area contributed by atoms with E-state index in [0.29, 0.717) is 12.0 Å². The fraction of sp³-hybridized carbons (Fsp3) is 0.417. The smallest absolute Gasteiger partial charge is 0.191 e. The molecule has 3 heterocycles. The summed E-state index contributed by atoms with van der Waals surface area (Å²) in [5, 5.41) is 9.22. The Morgan fingerprint density at radius 1 is 1.19 bits per heavy atom. The van der Waals surface area contributed by atoms with Gasteiger partial charge in [0.2, 0.25) is 0 Å². The number of thiophene rings is 1. The van der Waals surface area contributed by atoms with E-state index in [0.717, 1.165) is 25.6 Å². The van der Waals surface area contributed by atoms with Crippen LogP contribution < -0.4 is 10.6 Å². The average Bonchev–Trinajstić information content (AvgIpc) is 3.49. The zero-order valence-corrected chi connectivity index (χ0v) is 21.9. The molecule has 0 aliphatic carbocycles. The largest absolute Gasteiger partial charge is 0.356 e. The molecule has 0 amide bonds. The second-order valence-corrected chi connectivity index (χ2v) is 9.18. The monoisotopic (exact) mass is 564 g/mol. The standard InChI is InChI=1S/C24H32N6S.HI/c1-25-24(27-15-19-7-9-20(10-8-19)17-30-13-11-26-18-30)28-16-21-5-3-12-29(2)23(21)22-6-4-14-31-22;/h4,6-11,13-14,18,21,23H,3,5,12,15-17H2,1-2H3,(H2,25,27,28);1H. The highest BCUT2D eigenvalue weighted by molar-refractivity contribution is 14.0. The maximum absolute atomic E-state index is 4.43. The lowest BCUT2D eigenvalue weighted by Crippen LogP contribution is -2.44. The van der Waals surface area contributed by atoms with Crippen LogP contribution in [0, 0.1) is 5.92 Å². The average molecular weight is 565 g/mol. The summed E-state index contributed by atoms with van der Waals surface area (Å²) in [7, 11) is 4.09. The molecule has 2 N–H and O–H groups in total. The maximum atomic E-state index is 4.43. The summed E-state index contributed by atoms with van der Waals surface area (Å²) in [5.74, 6) is 1.44. The van der Waals surface area contributed by atoms with E-state index in [2.05, 4.69) is 78.9 Å². The maximum Gasteiger partial charge on any atom is 0.191 e. The van der Waals surface area contributed by atoms with Gasteiger partial charge in [-0.05, 0) is 54.9 Å². The van der Waals surface area contributed by atoms with Gasteiger partial charge in [0.25, 0.3) is 0 Å². The number of guanidine groups is 1. The molecule has 2 aromatic heterocycles. The van der Waals surface area contributed by atoms with Crippen LogP contribution in [0.2, 0.25) is 0 Å². The molecule has 1 saturated heterocycles. The molecule has 8 heteroatoms. The molecule has 1 aliphatic heterocycles. The Bertz CT molecular complexity index is 940. The predicted octanol–water partition coefficient (Wildman–Crippen LogP) is 4.36. The SMILES string of the molecule is CN=C(NCc1ccc(Cn2ccnc2)cc1)NCC1CCCN(C)C1c1cccs1.I. The molecule has 2 atom stereocenters. The van der Waals surface area contributed by atoms with E-state index in [-0.39, 0.29) is 24.0 Å². The van der Waals surface area contributed by atoms with Crippen molar-refractivity contribution in [3.63, 3.8) is 0 Å². The number of likely N-dealkylation sites (tertiary alicyclic amines) is 1. The summed E-state index contributed by atoms with van der Waals surface area (Å²) >= 11 is 1.87. The lowest BCUT2D eigenvalue weighted by Gasteiger charge is -2.39. The van der Waals surface area contributed by atoms with Gasteiger partial charge in [0.15, 0.2) is 5.96 Å². The number of piperidine rings is 1. The highest BCUT2D eigenvalue weighted by Crippen LogP contribution is 2.36. The summed E-state index contributed by atoms with van der Waals surface area (Å²) in [6.07, 6.45) is 8.14. The first kappa shape index (κ1) is 24.7. The minimum atomic E-state index is 0. The van der Waals surface area contributed by atoms with E-state index in [4.69, 9.17) is 0 Å². The number of nitrogens with one attached hydrogen (secondary N) is 2. The molecule has 3 aromatic rings. The van der Waals surface area contributed by atoms with Crippen molar-refractivity contribution < 1.29 is 0 Å². The number of hydrogen-bond acceptors (Lipinski definition) is 4. The quantitative estimate of drug-likeness (QED) is 0.255. The molecule has 0 radical (unpaired) electrons. The normalized spacial score (nSPS) is 19.4. The highest BCUT2D eigenvalue weighted by Gasteiger charge is 2.31. The lowest BCUT2D eigenvalue weighted by atomic mass is 9.88. The van der Waals surface area contributed by atoms with Gasteiger partial charge < -0.3 is 15.2 Å². The number of halogens is 1. The Morgan fingerprint density at radius 3 is 2.69 bits per heavy atom. The van der Waals surface area contributed by atoms with Crippen molar-refractivity contribution >= 4 is 41.3 Å². The Morgan fingerprint density at radius 2 is 2.00 bits per heavy atom. The Hall–Kier alpha value is -1.91. The Balaban J connectivity index is 0.00000289. The number of benzene rings is 1. The van der Waals surface area contributed by atoms with Crippen LogP contribution in [0.3, 0.4) is 0 Å². The summed E-state index contributed by atoms with van der Waals surface area (Å²) < 4.78 is 2.07. The Kier molecular flexibility index (Phi) is 9.55. The van der Waals surface area contributed by atoms with Crippen molar-refractivity contribution in [2.24, 2.45) is 10.9 Å². The topological polar surface area (TPSA) is 57.5 Å². The predicted molar refractivity (Wildman–Crippen MR) is 144 cm³/mol. The van der Waals surface area contributed by atoms with Crippen LogP contribution in [0.5, 0.6) is 0 Å². The second-order valence-electron chi connectivity index (χ2n) is 8.20. The van der Waals surface area contributed by atoms with Gasteiger partial charge in [-0.15, -0.1) is 35.3 Å². The first-order chi connectivity index (χ1) is 15.2. The molecular formula is C24H33IN6S. The molecule has 32 heavy (non-hydrogen) atoms. The van der Waals surface area contributed by atoms with Crippen LogP contribution in [-0.2, 0) is 13.1 Å². The summed E-state index contributed by atoms with van der Waals surface area (Å²) in [5.41, 5.74) is 2.51. The molecule has 172 valence electrons. The zero-order valence-electron chi connectivity index (χ0n) is 18.8. The number of aliphatic imine (C=N–C) groups is 1. The van der Waals surface area contributed by atoms with Crippen molar-refractivity contribution in [2.75, 3.05) is 27.2 Å². The second kappa shape index (κ2) is 12.4. The van der Waals surface area contributed by atoms with Crippen LogP contribution in [0.15, 0.2) is 65.5 Å². The molecular weight excluding hydrogens is 531 g/mol. The lowest BCUT2D eigenvalue weighted by molar-refractivity contribution is 0.125. The third kappa shape index (κ3) is 6.55. The third-order valence-electron chi connectivity index (χ3n) is 6.00. The van der Waals surface area contributed by atoms with Gasteiger partial charge in [-0.25, -0.2) is 4.98 Å². The Labute approximate surface area is 212 Å². The minimum Gasteiger partial charge on any atom is -0.356 e. The number of rotatable bonds is 7. The van der Waals surface area contributed by atoms with E-state index in [1.807, 2.05) is 37.1 Å². The molecule has 1 aliphatic rings. The fourth-order valence-corrected chi connectivity index (χ4v) is 5.35. The molecule has 1 aromatic carbocycles. The number of hydrogen-bond donors (Lipinski definition) is 2. The van der Waals surface area contributed by atoms with Crippen LogP contribution in [0.25, 0.3) is 0 Å². The summed E-state index contributed by atoms with van der Waals surface area (Å²) in [6.45, 7) is 3.70. The van der Waals surface area contributed by atoms with E-state index in [1.54, 1.807) is 0 Å². The number of nitrogens with zero attached hydrogens (tertiary/aromatic N) is 4. The number of imidazole rings is 1. The van der Waals surface area contributed by atoms with Crippen molar-refractivity contribution in [1.82, 2.24) is 25.1 Å². The molecule has 0 saturated carbocycles. The van der Waals surface area contributed by atoms with Crippen molar-refractivity contribution in [3.8, 4) is 0 Å². The molecule has 4 rings (SSSR count). The molecule has 0 bridgehead atoms. The van der Waals surface area contributed by atoms with Gasteiger partial charge in [0.05, 0.1) is 6.33 Å². The van der Waals surface area contributed by atoms with Crippen LogP contribution >= 0.6 is 35.3 Å². The van der Waals surface area contributed by atoms with E-state index >= 15 is 0 Å².